The van der Waals surface area contributed by atoms with Gasteiger partial charge < -0.3 is 0 Å². The van der Waals surface area contributed by atoms with Crippen molar-refractivity contribution < 1.29 is 0 Å². The molecule has 8 rings (SSSR count). The summed E-state index contributed by atoms with van der Waals surface area (Å²) in [6.45, 7) is 0. The second-order valence-electron chi connectivity index (χ2n) is 10.6. The van der Waals surface area contributed by atoms with Gasteiger partial charge >= 0.3 is 0 Å². The van der Waals surface area contributed by atoms with Crippen LogP contribution in [0, 0.1) is 0 Å². The van der Waals surface area contributed by atoms with Gasteiger partial charge in [-0.2, -0.15) is 0 Å². The molecular weight excluding hydrogens is 526 g/mol. The maximum absolute atomic E-state index is 5.02. The van der Waals surface area contributed by atoms with Crippen LogP contribution in [0.2, 0.25) is 0 Å². The summed E-state index contributed by atoms with van der Waals surface area (Å²) in [6, 6.07) is 43.3. The third-order valence-electron chi connectivity index (χ3n) is 7.87. The minimum absolute atomic E-state index is 0.619. The van der Waals surface area contributed by atoms with E-state index in [2.05, 4.69) is 83.8 Å². The molecule has 5 nitrogen and oxygen atoms in total. The van der Waals surface area contributed by atoms with E-state index in [-0.39, 0.29) is 0 Å². The Balaban J connectivity index is 1.25. The van der Waals surface area contributed by atoms with Crippen LogP contribution in [0.25, 0.3) is 67.7 Å². The van der Waals surface area contributed by atoms with Gasteiger partial charge in [-0.15, -0.1) is 0 Å². The molecule has 1 aliphatic carbocycles. The Bertz CT molecular complexity index is 2110. The van der Waals surface area contributed by atoms with Crippen molar-refractivity contribution in [3.63, 3.8) is 0 Å². The largest absolute Gasteiger partial charge is 0.260 e. The standard InChI is InChI=1S/C38H25N5/c1-3-10-25(11-4-1)27-14-7-16-29(22-27)37-41-36(26-12-5-2-6-13-26)42-38(43-37)30-17-8-15-28(23-30)35-33-24-34-32(18-9-20-39-34)31(33)19-21-40-35/h1-23H,24H2. The van der Waals surface area contributed by atoms with Crippen molar-refractivity contribution >= 4 is 0 Å². The summed E-state index contributed by atoms with van der Waals surface area (Å²) >= 11 is 0. The zero-order valence-electron chi connectivity index (χ0n) is 23.2. The molecule has 0 fully saturated rings. The number of rotatable bonds is 5. The number of pyridine rings is 2. The van der Waals surface area contributed by atoms with E-state index in [1.807, 2.05) is 60.9 Å². The van der Waals surface area contributed by atoms with E-state index >= 15 is 0 Å². The lowest BCUT2D eigenvalue weighted by molar-refractivity contribution is 1.07. The highest BCUT2D eigenvalue weighted by Gasteiger charge is 2.23. The summed E-state index contributed by atoms with van der Waals surface area (Å²) in [4.78, 5) is 24.4. The van der Waals surface area contributed by atoms with Crippen molar-refractivity contribution in [3.05, 3.63) is 151 Å². The molecule has 0 atom stereocenters. The fraction of sp³-hybridized carbons (Fsp3) is 0.0263. The Labute approximate surface area is 249 Å². The van der Waals surface area contributed by atoms with Gasteiger partial charge in [-0.25, -0.2) is 15.0 Å². The van der Waals surface area contributed by atoms with E-state index in [0.29, 0.717) is 17.5 Å². The number of hydrogen-bond donors (Lipinski definition) is 0. The van der Waals surface area contributed by atoms with E-state index in [4.69, 9.17) is 19.9 Å². The zero-order valence-corrected chi connectivity index (χ0v) is 23.2. The molecule has 1 aliphatic rings. The minimum atomic E-state index is 0.619. The lowest BCUT2D eigenvalue weighted by Gasteiger charge is -2.11. The van der Waals surface area contributed by atoms with Crippen molar-refractivity contribution in [1.29, 1.82) is 0 Å². The van der Waals surface area contributed by atoms with Gasteiger partial charge in [-0.05, 0) is 46.5 Å². The molecule has 3 heterocycles. The van der Waals surface area contributed by atoms with Gasteiger partial charge in [0, 0.05) is 46.6 Å². The number of nitrogens with zero attached hydrogens (tertiary/aromatic N) is 5. The molecule has 0 N–H and O–H groups in total. The van der Waals surface area contributed by atoms with Gasteiger partial charge in [0.1, 0.15) is 0 Å². The molecule has 7 aromatic rings. The van der Waals surface area contributed by atoms with Gasteiger partial charge in [0.2, 0.25) is 0 Å². The Morgan fingerprint density at radius 2 is 0.977 bits per heavy atom. The molecule has 0 bridgehead atoms. The van der Waals surface area contributed by atoms with Crippen molar-refractivity contribution in [3.8, 4) is 67.7 Å². The molecule has 0 saturated heterocycles. The number of aromatic nitrogens is 5. The molecule has 5 heteroatoms. The average Bonchev–Trinajstić information content (AvgIpc) is 3.48. The Hall–Kier alpha value is -5.81. The van der Waals surface area contributed by atoms with Crippen molar-refractivity contribution in [2.75, 3.05) is 0 Å². The Morgan fingerprint density at radius 3 is 1.70 bits per heavy atom. The fourth-order valence-corrected chi connectivity index (χ4v) is 5.79. The average molecular weight is 552 g/mol. The second kappa shape index (κ2) is 10.5. The lowest BCUT2D eigenvalue weighted by atomic mass is 9.99. The van der Waals surface area contributed by atoms with Crippen molar-refractivity contribution in [1.82, 2.24) is 24.9 Å². The van der Waals surface area contributed by atoms with Crippen LogP contribution >= 0.6 is 0 Å². The minimum Gasteiger partial charge on any atom is -0.260 e. The summed E-state index contributed by atoms with van der Waals surface area (Å²) in [5.41, 5.74) is 11.7. The quantitative estimate of drug-likeness (QED) is 0.214. The number of fused-ring (bicyclic) bond motifs is 3. The first-order valence-electron chi connectivity index (χ1n) is 14.3. The van der Waals surface area contributed by atoms with Gasteiger partial charge in [-0.1, -0.05) is 103 Å². The molecule has 0 aliphatic heterocycles. The van der Waals surface area contributed by atoms with Crippen LogP contribution in [-0.2, 0) is 6.42 Å². The molecule has 0 amide bonds. The van der Waals surface area contributed by atoms with E-state index in [1.54, 1.807) is 0 Å². The van der Waals surface area contributed by atoms with Crippen LogP contribution in [0.5, 0.6) is 0 Å². The normalized spacial score (nSPS) is 11.6. The van der Waals surface area contributed by atoms with Gasteiger partial charge in [0.15, 0.2) is 17.5 Å². The molecule has 0 unspecified atom stereocenters. The van der Waals surface area contributed by atoms with Crippen LogP contribution in [0.3, 0.4) is 0 Å². The maximum Gasteiger partial charge on any atom is 0.164 e. The molecule has 3 aromatic heterocycles. The van der Waals surface area contributed by atoms with E-state index in [0.717, 1.165) is 51.2 Å². The third-order valence-corrected chi connectivity index (χ3v) is 7.87. The van der Waals surface area contributed by atoms with E-state index in [1.165, 1.54) is 16.7 Å². The molecule has 202 valence electrons. The molecule has 0 saturated carbocycles. The first-order valence-corrected chi connectivity index (χ1v) is 14.3. The first-order chi connectivity index (χ1) is 21.3. The van der Waals surface area contributed by atoms with Crippen LogP contribution in [-0.4, -0.2) is 24.9 Å². The summed E-state index contributed by atoms with van der Waals surface area (Å²) in [5.74, 6) is 1.89. The SMILES string of the molecule is c1ccc(-c2cccc(-c3nc(-c4ccccc4)nc(-c4cccc(-c5nccc6c5Cc5ncccc5-6)c4)n3)c2)cc1. The monoisotopic (exact) mass is 551 g/mol. The summed E-state index contributed by atoms with van der Waals surface area (Å²) in [7, 11) is 0. The maximum atomic E-state index is 5.02. The number of benzene rings is 4. The Kier molecular flexibility index (Phi) is 6.12. The predicted molar refractivity (Wildman–Crippen MR) is 171 cm³/mol. The second-order valence-corrected chi connectivity index (χ2v) is 10.6. The smallest absolute Gasteiger partial charge is 0.164 e. The van der Waals surface area contributed by atoms with Crippen LogP contribution in [0.4, 0.5) is 0 Å². The van der Waals surface area contributed by atoms with Crippen LogP contribution in [0.15, 0.2) is 140 Å². The molecule has 4 aromatic carbocycles. The van der Waals surface area contributed by atoms with Gasteiger partial charge in [0.25, 0.3) is 0 Å². The first kappa shape index (κ1) is 24.9. The van der Waals surface area contributed by atoms with Crippen molar-refractivity contribution in [2.45, 2.75) is 6.42 Å². The van der Waals surface area contributed by atoms with Gasteiger partial charge in [0.05, 0.1) is 11.4 Å². The summed E-state index contributed by atoms with van der Waals surface area (Å²) in [5, 5.41) is 0. The number of hydrogen-bond acceptors (Lipinski definition) is 5. The van der Waals surface area contributed by atoms with Gasteiger partial charge in [-0.3, -0.25) is 9.97 Å². The topological polar surface area (TPSA) is 64.5 Å². The third kappa shape index (κ3) is 4.67. The highest BCUT2D eigenvalue weighted by atomic mass is 15.0. The van der Waals surface area contributed by atoms with Crippen LogP contribution in [0.1, 0.15) is 11.3 Å². The summed E-state index contributed by atoms with van der Waals surface area (Å²) in [6.07, 6.45) is 4.51. The van der Waals surface area contributed by atoms with E-state index in [9.17, 15) is 0 Å². The molecule has 0 spiro atoms. The predicted octanol–water partition coefficient (Wildman–Crippen LogP) is 8.57. The Morgan fingerprint density at radius 1 is 0.395 bits per heavy atom. The highest BCUT2D eigenvalue weighted by molar-refractivity contribution is 5.83. The van der Waals surface area contributed by atoms with Crippen molar-refractivity contribution in [2.24, 2.45) is 0 Å². The highest BCUT2D eigenvalue weighted by Crippen LogP contribution is 2.40. The fourth-order valence-electron chi connectivity index (χ4n) is 5.79. The van der Waals surface area contributed by atoms with E-state index < -0.39 is 0 Å². The zero-order chi connectivity index (χ0) is 28.6. The molecular formula is C38H25N5. The summed E-state index contributed by atoms with van der Waals surface area (Å²) < 4.78 is 0. The molecule has 0 radical (unpaired) electrons. The molecule has 43 heavy (non-hydrogen) atoms. The van der Waals surface area contributed by atoms with Crippen LogP contribution < -0.4 is 0 Å². The lowest BCUT2D eigenvalue weighted by Crippen LogP contribution is -2.00.